The summed E-state index contributed by atoms with van der Waals surface area (Å²) in [5.41, 5.74) is -6.69. The van der Waals surface area contributed by atoms with Crippen LogP contribution in [0.1, 0.15) is 51.8 Å². The molecule has 0 amide bonds. The first-order valence-corrected chi connectivity index (χ1v) is 18.6. The van der Waals surface area contributed by atoms with Gasteiger partial charge in [0, 0.05) is 17.2 Å². The molecule has 0 spiro atoms. The second kappa shape index (κ2) is 17.1. The number of esters is 4. The van der Waals surface area contributed by atoms with Gasteiger partial charge in [0.15, 0.2) is 81.6 Å². The van der Waals surface area contributed by atoms with Crippen molar-refractivity contribution in [1.82, 2.24) is 0 Å². The van der Waals surface area contributed by atoms with E-state index in [-0.39, 0.29) is 0 Å². The molecule has 16 N–H and O–H groups in total. The van der Waals surface area contributed by atoms with Crippen LogP contribution >= 0.6 is 0 Å². The molecule has 0 aromatic heterocycles. The van der Waals surface area contributed by atoms with E-state index in [1.807, 2.05) is 0 Å². The van der Waals surface area contributed by atoms with Crippen molar-refractivity contribution >= 4 is 29.8 Å². The molecule has 5 unspecified atom stereocenters. The molecular formula is C41H30O27. The Morgan fingerprint density at radius 3 is 1.51 bits per heavy atom. The number of rotatable bonds is 7. The molecule has 2 aliphatic heterocycles. The van der Waals surface area contributed by atoms with Crippen molar-refractivity contribution in [2.45, 2.75) is 30.7 Å². The van der Waals surface area contributed by atoms with Crippen LogP contribution in [0, 0.1) is 0 Å². The summed E-state index contributed by atoms with van der Waals surface area (Å²) in [6.45, 7) is -1.21. The molecule has 2 heterocycles. The topological polar surface area (TPSA) is 464 Å². The van der Waals surface area contributed by atoms with Crippen LogP contribution in [0.5, 0.6) is 92.0 Å². The molecule has 5 aromatic carbocycles. The van der Waals surface area contributed by atoms with E-state index in [0.717, 1.165) is 0 Å². The van der Waals surface area contributed by atoms with Crippen molar-refractivity contribution in [3.8, 4) is 103 Å². The number of aromatic hydroxyl groups is 14. The Bertz CT molecular complexity index is 2950. The summed E-state index contributed by atoms with van der Waals surface area (Å²) in [6.07, 6.45) is -11.8. The summed E-state index contributed by atoms with van der Waals surface area (Å²) < 4.78 is 32.3. The maximum Gasteiger partial charge on any atom is 0.340 e. The zero-order chi connectivity index (χ0) is 50.0. The second-order valence-electron chi connectivity index (χ2n) is 14.4. The molecule has 0 radical (unpaired) electrons. The number of hydrogen-bond acceptors (Lipinski definition) is 26. The van der Waals surface area contributed by atoms with Crippen molar-refractivity contribution in [2.75, 3.05) is 6.61 Å². The maximum absolute atomic E-state index is 14.1. The third kappa shape index (κ3) is 7.96. The smallest absolute Gasteiger partial charge is 0.340 e. The molecule has 1 fully saturated rings. The van der Waals surface area contributed by atoms with Crippen LogP contribution in [0.4, 0.5) is 0 Å². The highest BCUT2D eigenvalue weighted by Gasteiger charge is 2.53. The number of phenolic OH excluding ortho intramolecular Hbond substituents is 14. The predicted molar refractivity (Wildman–Crippen MR) is 210 cm³/mol. The Labute approximate surface area is 374 Å². The summed E-state index contributed by atoms with van der Waals surface area (Å²) >= 11 is 0. The van der Waals surface area contributed by atoms with E-state index in [1.165, 1.54) is 0 Å². The molecule has 356 valence electrons. The van der Waals surface area contributed by atoms with E-state index in [1.54, 1.807) is 0 Å². The monoisotopic (exact) mass is 954 g/mol. The van der Waals surface area contributed by atoms with Crippen molar-refractivity contribution in [1.29, 1.82) is 0 Å². The number of phenols is 14. The number of aliphatic hydroxyl groups is 1. The molecule has 5 atom stereocenters. The lowest BCUT2D eigenvalue weighted by Crippen LogP contribution is -2.62. The first kappa shape index (κ1) is 46.4. The summed E-state index contributed by atoms with van der Waals surface area (Å²) in [5, 5.41) is 166. The van der Waals surface area contributed by atoms with Gasteiger partial charge in [-0.15, -0.1) is 0 Å². The summed E-state index contributed by atoms with van der Waals surface area (Å²) in [6, 6.07) is 3.48. The van der Waals surface area contributed by atoms with Crippen molar-refractivity contribution in [2.24, 2.45) is 0 Å². The van der Waals surface area contributed by atoms with Gasteiger partial charge < -0.3 is 110 Å². The molecule has 0 bridgehead atoms. The van der Waals surface area contributed by atoms with E-state index in [0.29, 0.717) is 42.5 Å². The van der Waals surface area contributed by atoms with E-state index < -0.39 is 198 Å². The summed E-state index contributed by atoms with van der Waals surface area (Å²) in [5.74, 6) is -28.0. The number of carbonyl (C=O) groups is 5. The van der Waals surface area contributed by atoms with Crippen LogP contribution in [-0.2, 0) is 23.7 Å². The minimum absolute atomic E-state index is 0.426. The highest BCUT2D eigenvalue weighted by atomic mass is 16.7. The second-order valence-corrected chi connectivity index (χ2v) is 14.4. The quantitative estimate of drug-likeness (QED) is 0.0625. The fourth-order valence-corrected chi connectivity index (χ4v) is 6.84. The lowest BCUT2D eigenvalue weighted by Gasteiger charge is -2.42. The SMILES string of the molecule is O=C(OC1OC2COC(=O)c3cc(O)c(O)c(O)c3-c3c(cc(O)c(O)c3O)C(=O)OC2C(OC(=O)c2cc(O)c(O)c(O)c2)C1O)c1cc(O)c(Oc2c(C(=O)O)cc(O)c(O)c2O)c(O)c1. The largest absolute Gasteiger partial charge is 0.504 e. The summed E-state index contributed by atoms with van der Waals surface area (Å²) in [7, 11) is 0. The number of aliphatic hydroxyl groups excluding tert-OH is 1. The Morgan fingerprint density at radius 1 is 0.529 bits per heavy atom. The molecule has 7 rings (SSSR count). The molecule has 1 saturated heterocycles. The highest BCUT2D eigenvalue weighted by Crippen LogP contribution is 2.54. The molecule has 27 nitrogen and oxygen atoms in total. The van der Waals surface area contributed by atoms with Gasteiger partial charge in [-0.25, -0.2) is 24.0 Å². The number of benzene rings is 5. The molecule has 27 heteroatoms. The minimum atomic E-state index is -2.56. The van der Waals surface area contributed by atoms with Gasteiger partial charge in [0.1, 0.15) is 18.3 Å². The highest BCUT2D eigenvalue weighted by molar-refractivity contribution is 6.08. The van der Waals surface area contributed by atoms with Crippen LogP contribution in [0.15, 0.2) is 42.5 Å². The van der Waals surface area contributed by atoms with Crippen LogP contribution < -0.4 is 4.74 Å². The van der Waals surface area contributed by atoms with Crippen molar-refractivity contribution in [3.63, 3.8) is 0 Å². The first-order valence-electron chi connectivity index (χ1n) is 18.6. The normalized spacial score (nSPS) is 18.9. The lowest BCUT2D eigenvalue weighted by molar-refractivity contribution is -0.283. The molecule has 0 saturated carbocycles. The van der Waals surface area contributed by atoms with E-state index in [9.17, 15) is 106 Å². The van der Waals surface area contributed by atoms with Crippen LogP contribution in [0.25, 0.3) is 11.1 Å². The van der Waals surface area contributed by atoms with Gasteiger partial charge in [0.05, 0.1) is 22.3 Å². The fourth-order valence-electron chi connectivity index (χ4n) is 6.84. The first-order chi connectivity index (χ1) is 31.9. The molecular weight excluding hydrogens is 924 g/mol. The number of aromatic carboxylic acids is 1. The van der Waals surface area contributed by atoms with Gasteiger partial charge in [-0.3, -0.25) is 0 Å². The molecule has 2 aliphatic rings. The number of carbonyl (C=O) groups excluding carboxylic acids is 4. The van der Waals surface area contributed by atoms with Crippen LogP contribution in [0.3, 0.4) is 0 Å². The Balaban J connectivity index is 1.29. The molecule has 0 aliphatic carbocycles. The third-order valence-electron chi connectivity index (χ3n) is 10.1. The third-order valence-corrected chi connectivity index (χ3v) is 10.1. The number of cyclic esters (lactones) is 1. The standard InChI is InChI=1S/C41H30O27/c42-14-1-9(2-15(43)24(14)49)37(59)67-35-31(56)41(68-38(60)10-3-19(47)33(20(48)4-10)65-32-13(36(57)58)7-18(46)27(52)30(32)55)64-21-8-63-39(61)11-5-16(44)25(50)28(53)22(11)23-12(40(62)66-34(21)35)6-17(45)26(51)29(23)54/h1-7,21,31,34-35,41-56H,8H2,(H,57,58). The molecule has 5 aromatic rings. The number of ether oxygens (including phenoxy) is 6. The average Bonchev–Trinajstić information content (AvgIpc) is 3.29. The zero-order valence-electron chi connectivity index (χ0n) is 33.3. The van der Waals surface area contributed by atoms with Gasteiger partial charge in [-0.1, -0.05) is 0 Å². The number of hydrogen-bond donors (Lipinski definition) is 16. The van der Waals surface area contributed by atoms with E-state index >= 15 is 0 Å². The van der Waals surface area contributed by atoms with Crippen LogP contribution in [-0.4, -0.2) is 149 Å². The van der Waals surface area contributed by atoms with Gasteiger partial charge in [0.25, 0.3) is 0 Å². The summed E-state index contributed by atoms with van der Waals surface area (Å²) in [4.78, 5) is 66.8. The van der Waals surface area contributed by atoms with Gasteiger partial charge >= 0.3 is 29.8 Å². The van der Waals surface area contributed by atoms with E-state index in [4.69, 9.17) is 28.4 Å². The predicted octanol–water partition coefficient (Wildman–Crippen LogP) is 1.59. The number of carboxylic acids is 1. The van der Waals surface area contributed by atoms with Gasteiger partial charge in [-0.05, 0) is 36.4 Å². The Hall–Kier alpha value is -9.63. The fraction of sp³-hybridized carbons (Fsp3) is 0.146. The van der Waals surface area contributed by atoms with Crippen molar-refractivity contribution in [3.05, 3.63) is 70.3 Å². The van der Waals surface area contributed by atoms with Gasteiger partial charge in [0.2, 0.25) is 35.0 Å². The maximum atomic E-state index is 14.1. The number of fused-ring (bicyclic) bond motifs is 4. The van der Waals surface area contributed by atoms with Crippen molar-refractivity contribution < 1.29 is 134 Å². The Kier molecular flexibility index (Phi) is 11.6. The minimum Gasteiger partial charge on any atom is -0.504 e. The average molecular weight is 955 g/mol. The lowest BCUT2D eigenvalue weighted by atomic mass is 9.92. The van der Waals surface area contributed by atoms with Gasteiger partial charge in [-0.2, -0.15) is 0 Å². The van der Waals surface area contributed by atoms with E-state index in [2.05, 4.69) is 0 Å². The zero-order valence-corrected chi connectivity index (χ0v) is 33.3. The molecule has 68 heavy (non-hydrogen) atoms. The van der Waals surface area contributed by atoms with Crippen LogP contribution in [0.2, 0.25) is 0 Å². The number of carboxylic acid groups (broad SMARTS) is 1. The Morgan fingerprint density at radius 2 is 0.985 bits per heavy atom.